The lowest BCUT2D eigenvalue weighted by molar-refractivity contribution is 0.0228. The predicted octanol–water partition coefficient (Wildman–Crippen LogP) is 1.78. The highest BCUT2D eigenvalue weighted by atomic mass is 16.3. The average molecular weight is 250 g/mol. The third kappa shape index (κ3) is 5.17. The molecule has 0 aromatic heterocycles. The lowest BCUT2D eigenvalue weighted by atomic mass is 9.95. The van der Waals surface area contributed by atoms with Crippen LogP contribution >= 0.6 is 0 Å². The molecule has 0 amide bonds. The molecular formula is C15H26N2O. The van der Waals surface area contributed by atoms with Gasteiger partial charge in [0.05, 0.1) is 5.60 Å². The Morgan fingerprint density at radius 1 is 1.06 bits per heavy atom. The molecule has 0 saturated heterocycles. The molecule has 3 heteroatoms. The van der Waals surface area contributed by atoms with Crippen molar-refractivity contribution in [2.24, 2.45) is 0 Å². The minimum Gasteiger partial charge on any atom is -0.384 e. The van der Waals surface area contributed by atoms with Crippen molar-refractivity contribution in [3.63, 3.8) is 0 Å². The summed E-state index contributed by atoms with van der Waals surface area (Å²) in [5.41, 5.74) is 0.193. The van der Waals surface area contributed by atoms with Crippen molar-refractivity contribution in [3.05, 3.63) is 35.9 Å². The normalized spacial score (nSPS) is 15.1. The van der Waals surface area contributed by atoms with Gasteiger partial charge in [-0.25, -0.2) is 0 Å². The van der Waals surface area contributed by atoms with Gasteiger partial charge in [0.2, 0.25) is 0 Å². The van der Waals surface area contributed by atoms with Gasteiger partial charge in [0.25, 0.3) is 0 Å². The van der Waals surface area contributed by atoms with Gasteiger partial charge in [-0.1, -0.05) is 30.3 Å². The highest BCUT2D eigenvalue weighted by molar-refractivity contribution is 5.21. The summed E-state index contributed by atoms with van der Waals surface area (Å²) >= 11 is 0. The molecule has 0 fully saturated rings. The first-order chi connectivity index (χ1) is 8.42. The van der Waals surface area contributed by atoms with Crippen LogP contribution in [-0.4, -0.2) is 55.7 Å². The van der Waals surface area contributed by atoms with E-state index in [1.54, 1.807) is 0 Å². The van der Waals surface area contributed by atoms with E-state index in [2.05, 4.69) is 30.9 Å². The Balaban J connectivity index is 2.45. The summed E-state index contributed by atoms with van der Waals surface area (Å²) in [6.45, 7) is 4.62. The number of aliphatic hydroxyl groups is 1. The zero-order chi connectivity index (χ0) is 13.6. The molecule has 0 bridgehead atoms. The van der Waals surface area contributed by atoms with Crippen LogP contribution in [0.15, 0.2) is 30.3 Å². The fourth-order valence-electron chi connectivity index (χ4n) is 2.15. The summed E-state index contributed by atoms with van der Waals surface area (Å²) in [5.74, 6) is 0. The third-order valence-electron chi connectivity index (χ3n) is 3.12. The van der Waals surface area contributed by atoms with Crippen LogP contribution in [0, 0.1) is 0 Å². The van der Waals surface area contributed by atoms with Gasteiger partial charge in [0, 0.05) is 6.54 Å². The molecule has 1 aromatic carbocycles. The van der Waals surface area contributed by atoms with Crippen LogP contribution in [-0.2, 0) is 5.60 Å². The Labute approximate surface area is 111 Å². The molecule has 1 atom stereocenters. The number of likely N-dealkylation sites (N-methyl/N-ethyl adjacent to an activating group) is 1. The fraction of sp³-hybridized carbons (Fsp3) is 0.600. The highest BCUT2D eigenvalue weighted by Crippen LogP contribution is 2.20. The second-order valence-electron chi connectivity index (χ2n) is 5.53. The maximum absolute atomic E-state index is 10.5. The summed E-state index contributed by atoms with van der Waals surface area (Å²) < 4.78 is 0. The number of nitrogens with zero attached hydrogens (tertiary/aromatic N) is 2. The van der Waals surface area contributed by atoms with E-state index < -0.39 is 5.60 Å². The van der Waals surface area contributed by atoms with E-state index in [9.17, 15) is 5.11 Å². The van der Waals surface area contributed by atoms with Crippen LogP contribution in [0.25, 0.3) is 0 Å². The van der Waals surface area contributed by atoms with Crippen LogP contribution in [0.2, 0.25) is 0 Å². The van der Waals surface area contributed by atoms with Crippen LogP contribution < -0.4 is 0 Å². The number of hydrogen-bond donors (Lipinski definition) is 1. The van der Waals surface area contributed by atoms with E-state index in [0.717, 1.165) is 25.1 Å². The molecule has 102 valence electrons. The standard InChI is InChI=1S/C15H26N2O/c1-15(18,14-9-6-5-7-10-14)13-17(4)12-8-11-16(2)3/h5-7,9-10,18H,8,11-13H2,1-4H3. The SMILES string of the molecule is CN(C)CCCN(C)CC(C)(O)c1ccccc1. The van der Waals surface area contributed by atoms with Gasteiger partial charge >= 0.3 is 0 Å². The molecule has 3 nitrogen and oxygen atoms in total. The molecule has 1 rings (SSSR count). The third-order valence-corrected chi connectivity index (χ3v) is 3.12. The molecule has 0 aliphatic rings. The van der Waals surface area contributed by atoms with Crippen LogP contribution in [0.5, 0.6) is 0 Å². The summed E-state index contributed by atoms with van der Waals surface area (Å²) in [6.07, 6.45) is 1.12. The first-order valence-corrected chi connectivity index (χ1v) is 6.53. The van der Waals surface area contributed by atoms with Crippen LogP contribution in [0.4, 0.5) is 0 Å². The quantitative estimate of drug-likeness (QED) is 0.799. The second-order valence-corrected chi connectivity index (χ2v) is 5.53. The average Bonchev–Trinajstić information content (AvgIpc) is 2.29. The van der Waals surface area contributed by atoms with Crippen molar-refractivity contribution in [2.75, 3.05) is 40.8 Å². The summed E-state index contributed by atoms with van der Waals surface area (Å²) in [5, 5.41) is 10.5. The van der Waals surface area contributed by atoms with E-state index in [0.29, 0.717) is 6.54 Å². The number of benzene rings is 1. The largest absolute Gasteiger partial charge is 0.384 e. The Morgan fingerprint density at radius 2 is 1.67 bits per heavy atom. The minimum atomic E-state index is -0.784. The molecule has 1 aromatic rings. The van der Waals surface area contributed by atoms with E-state index in [1.807, 2.05) is 37.3 Å². The minimum absolute atomic E-state index is 0.657. The van der Waals surface area contributed by atoms with E-state index in [-0.39, 0.29) is 0 Å². The molecule has 0 radical (unpaired) electrons. The Hall–Kier alpha value is -0.900. The van der Waals surface area contributed by atoms with Gasteiger partial charge in [-0.05, 0) is 53.1 Å². The second kappa shape index (κ2) is 6.88. The van der Waals surface area contributed by atoms with Gasteiger partial charge in [0.15, 0.2) is 0 Å². The van der Waals surface area contributed by atoms with Crippen molar-refractivity contribution < 1.29 is 5.11 Å². The van der Waals surface area contributed by atoms with Crippen molar-refractivity contribution in [2.45, 2.75) is 18.9 Å². The van der Waals surface area contributed by atoms with Gasteiger partial charge in [-0.15, -0.1) is 0 Å². The monoisotopic (exact) mass is 250 g/mol. The Bertz CT molecular complexity index is 336. The summed E-state index contributed by atoms with van der Waals surface area (Å²) in [4.78, 5) is 4.37. The van der Waals surface area contributed by atoms with Crippen molar-refractivity contribution in [3.8, 4) is 0 Å². The smallest absolute Gasteiger partial charge is 0.0994 e. The molecule has 1 N–H and O–H groups in total. The lowest BCUT2D eigenvalue weighted by Crippen LogP contribution is -2.37. The number of hydrogen-bond acceptors (Lipinski definition) is 3. The maximum Gasteiger partial charge on any atom is 0.0994 e. The molecule has 0 aliphatic heterocycles. The van der Waals surface area contributed by atoms with Crippen LogP contribution in [0.1, 0.15) is 18.9 Å². The van der Waals surface area contributed by atoms with Crippen molar-refractivity contribution in [1.82, 2.24) is 9.80 Å². The predicted molar refractivity (Wildman–Crippen MR) is 76.7 cm³/mol. The molecule has 1 unspecified atom stereocenters. The maximum atomic E-state index is 10.5. The highest BCUT2D eigenvalue weighted by Gasteiger charge is 2.24. The van der Waals surface area contributed by atoms with E-state index in [4.69, 9.17) is 0 Å². The molecular weight excluding hydrogens is 224 g/mol. The molecule has 0 heterocycles. The summed E-state index contributed by atoms with van der Waals surface area (Å²) in [7, 11) is 6.23. The fourth-order valence-corrected chi connectivity index (χ4v) is 2.15. The van der Waals surface area contributed by atoms with Gasteiger partial charge in [0.1, 0.15) is 0 Å². The Kier molecular flexibility index (Phi) is 5.79. The first-order valence-electron chi connectivity index (χ1n) is 6.53. The zero-order valence-electron chi connectivity index (χ0n) is 12.1. The van der Waals surface area contributed by atoms with E-state index >= 15 is 0 Å². The number of rotatable bonds is 7. The van der Waals surface area contributed by atoms with Gasteiger partial charge in [-0.3, -0.25) is 0 Å². The molecule has 0 aliphatic carbocycles. The molecule has 0 saturated carbocycles. The van der Waals surface area contributed by atoms with Crippen molar-refractivity contribution in [1.29, 1.82) is 0 Å². The molecule has 0 spiro atoms. The zero-order valence-corrected chi connectivity index (χ0v) is 12.1. The topological polar surface area (TPSA) is 26.7 Å². The van der Waals surface area contributed by atoms with Gasteiger partial charge in [-0.2, -0.15) is 0 Å². The Morgan fingerprint density at radius 3 is 2.22 bits per heavy atom. The molecule has 18 heavy (non-hydrogen) atoms. The summed E-state index contributed by atoms with van der Waals surface area (Å²) in [6, 6.07) is 9.87. The van der Waals surface area contributed by atoms with Crippen molar-refractivity contribution >= 4 is 0 Å². The van der Waals surface area contributed by atoms with Gasteiger partial charge < -0.3 is 14.9 Å². The lowest BCUT2D eigenvalue weighted by Gasteiger charge is -2.29. The van der Waals surface area contributed by atoms with E-state index in [1.165, 1.54) is 0 Å². The first kappa shape index (κ1) is 15.2. The van der Waals surface area contributed by atoms with Crippen LogP contribution in [0.3, 0.4) is 0 Å².